The summed E-state index contributed by atoms with van der Waals surface area (Å²) >= 11 is 1.84. The quantitative estimate of drug-likeness (QED) is 0.799. The normalized spacial score (nSPS) is 18.7. The summed E-state index contributed by atoms with van der Waals surface area (Å²) in [7, 11) is 0. The highest BCUT2D eigenvalue weighted by Crippen LogP contribution is 2.23. The molecule has 0 aromatic heterocycles. The van der Waals surface area contributed by atoms with Gasteiger partial charge in [0.25, 0.3) is 0 Å². The highest BCUT2D eigenvalue weighted by molar-refractivity contribution is 7.99. The maximum atomic E-state index is 10.3. The van der Waals surface area contributed by atoms with Crippen LogP contribution in [0.15, 0.2) is 29.2 Å². The Labute approximate surface area is 127 Å². The minimum atomic E-state index is -0.320. The minimum Gasteiger partial charge on any atom is -0.388 e. The average molecular weight is 293 g/mol. The third kappa shape index (κ3) is 5.12. The van der Waals surface area contributed by atoms with Gasteiger partial charge in [-0.1, -0.05) is 31.9 Å². The largest absolute Gasteiger partial charge is 0.388 e. The van der Waals surface area contributed by atoms with E-state index in [0.29, 0.717) is 0 Å². The van der Waals surface area contributed by atoms with Crippen LogP contribution in [0.2, 0.25) is 0 Å². The molecule has 20 heavy (non-hydrogen) atoms. The van der Waals surface area contributed by atoms with Gasteiger partial charge in [-0.05, 0) is 55.8 Å². The second-order valence-electron chi connectivity index (χ2n) is 5.56. The van der Waals surface area contributed by atoms with E-state index in [-0.39, 0.29) is 6.10 Å². The van der Waals surface area contributed by atoms with Crippen molar-refractivity contribution in [2.75, 3.05) is 25.4 Å². The van der Waals surface area contributed by atoms with Crippen molar-refractivity contribution < 1.29 is 5.11 Å². The first-order chi connectivity index (χ1) is 9.79. The molecule has 1 fully saturated rings. The maximum Gasteiger partial charge on any atom is 0.0802 e. The summed E-state index contributed by atoms with van der Waals surface area (Å²) in [5, 5.41) is 10.3. The van der Waals surface area contributed by atoms with E-state index < -0.39 is 0 Å². The monoisotopic (exact) mass is 293 g/mol. The van der Waals surface area contributed by atoms with Gasteiger partial charge in [-0.3, -0.25) is 0 Å². The zero-order valence-corrected chi connectivity index (χ0v) is 13.4. The Morgan fingerprint density at radius 2 is 1.75 bits per heavy atom. The standard InChI is InChI=1S/C17H27NOS/c1-2-20-16-9-7-15(8-10-16)17(19)11-14-18-12-5-3-4-6-13-18/h7-10,17,19H,2-6,11-14H2,1H3. The Balaban J connectivity index is 1.79. The lowest BCUT2D eigenvalue weighted by molar-refractivity contribution is 0.143. The van der Waals surface area contributed by atoms with E-state index >= 15 is 0 Å². The zero-order chi connectivity index (χ0) is 14.2. The summed E-state index contributed by atoms with van der Waals surface area (Å²) < 4.78 is 0. The van der Waals surface area contributed by atoms with Gasteiger partial charge in [-0.15, -0.1) is 11.8 Å². The molecule has 0 radical (unpaired) electrons. The van der Waals surface area contributed by atoms with Crippen LogP contribution in [0.25, 0.3) is 0 Å². The summed E-state index contributed by atoms with van der Waals surface area (Å²) in [4.78, 5) is 3.80. The van der Waals surface area contributed by atoms with Crippen LogP contribution in [-0.4, -0.2) is 35.4 Å². The fraction of sp³-hybridized carbons (Fsp3) is 0.647. The summed E-state index contributed by atoms with van der Waals surface area (Å²) in [5.41, 5.74) is 1.06. The number of rotatable bonds is 6. The number of hydrogen-bond acceptors (Lipinski definition) is 3. The molecule has 1 heterocycles. The lowest BCUT2D eigenvalue weighted by Crippen LogP contribution is -2.26. The summed E-state index contributed by atoms with van der Waals surface area (Å²) in [5.74, 6) is 1.09. The van der Waals surface area contributed by atoms with Crippen molar-refractivity contribution in [3.8, 4) is 0 Å². The molecule has 1 unspecified atom stereocenters. The lowest BCUT2D eigenvalue weighted by Gasteiger charge is -2.21. The molecule has 2 nitrogen and oxygen atoms in total. The molecule has 1 N–H and O–H groups in total. The van der Waals surface area contributed by atoms with Crippen LogP contribution in [0.3, 0.4) is 0 Å². The van der Waals surface area contributed by atoms with Crippen molar-refractivity contribution in [1.29, 1.82) is 0 Å². The van der Waals surface area contributed by atoms with E-state index in [1.165, 1.54) is 43.7 Å². The molecule has 0 spiro atoms. The first-order valence-corrected chi connectivity index (χ1v) is 8.91. The molecular formula is C17H27NOS. The number of nitrogens with zero attached hydrogens (tertiary/aromatic N) is 1. The van der Waals surface area contributed by atoms with Crippen LogP contribution in [0.4, 0.5) is 0 Å². The minimum absolute atomic E-state index is 0.320. The third-order valence-corrected chi connectivity index (χ3v) is 4.89. The first kappa shape index (κ1) is 15.9. The number of hydrogen-bond donors (Lipinski definition) is 1. The zero-order valence-electron chi connectivity index (χ0n) is 12.6. The molecule has 1 aliphatic rings. The Morgan fingerprint density at radius 1 is 1.10 bits per heavy atom. The number of benzene rings is 1. The van der Waals surface area contributed by atoms with E-state index in [4.69, 9.17) is 0 Å². The maximum absolute atomic E-state index is 10.3. The van der Waals surface area contributed by atoms with Gasteiger partial charge in [0.1, 0.15) is 0 Å². The van der Waals surface area contributed by atoms with Crippen molar-refractivity contribution in [3.63, 3.8) is 0 Å². The second-order valence-corrected chi connectivity index (χ2v) is 6.90. The number of likely N-dealkylation sites (tertiary alicyclic amines) is 1. The molecule has 1 saturated heterocycles. The van der Waals surface area contributed by atoms with Gasteiger partial charge < -0.3 is 10.0 Å². The molecule has 1 aromatic carbocycles. The fourth-order valence-corrected chi connectivity index (χ4v) is 3.45. The van der Waals surface area contributed by atoms with E-state index in [1.54, 1.807) is 0 Å². The van der Waals surface area contributed by atoms with Crippen LogP contribution in [0, 0.1) is 0 Å². The van der Waals surface area contributed by atoms with Gasteiger partial charge in [0.2, 0.25) is 0 Å². The van der Waals surface area contributed by atoms with E-state index in [9.17, 15) is 5.11 Å². The van der Waals surface area contributed by atoms with Crippen LogP contribution in [0.1, 0.15) is 50.7 Å². The molecule has 1 aliphatic heterocycles. The summed E-state index contributed by atoms with van der Waals surface area (Å²) in [6.07, 6.45) is 5.91. The molecule has 1 atom stereocenters. The predicted molar refractivity (Wildman–Crippen MR) is 87.3 cm³/mol. The molecule has 112 valence electrons. The molecule has 1 aromatic rings. The Bertz CT molecular complexity index is 371. The fourth-order valence-electron chi connectivity index (χ4n) is 2.78. The topological polar surface area (TPSA) is 23.5 Å². The number of aliphatic hydroxyl groups excluding tert-OH is 1. The van der Waals surface area contributed by atoms with E-state index in [2.05, 4.69) is 36.1 Å². The second kappa shape index (κ2) is 8.71. The summed E-state index contributed by atoms with van der Waals surface area (Å²) in [6.45, 7) is 5.60. The SMILES string of the molecule is CCSc1ccc(C(O)CCN2CCCCCC2)cc1. The average Bonchev–Trinajstić information content (AvgIpc) is 2.74. The molecular weight excluding hydrogens is 266 g/mol. The lowest BCUT2D eigenvalue weighted by atomic mass is 10.1. The molecule has 0 amide bonds. The number of thioether (sulfide) groups is 1. The van der Waals surface area contributed by atoms with Gasteiger partial charge >= 0.3 is 0 Å². The highest BCUT2D eigenvalue weighted by atomic mass is 32.2. The smallest absolute Gasteiger partial charge is 0.0802 e. The van der Waals surface area contributed by atoms with Crippen LogP contribution < -0.4 is 0 Å². The van der Waals surface area contributed by atoms with Crippen molar-refractivity contribution in [3.05, 3.63) is 29.8 Å². The molecule has 0 saturated carbocycles. The van der Waals surface area contributed by atoms with E-state index in [0.717, 1.165) is 24.3 Å². The predicted octanol–water partition coefficient (Wildman–Crippen LogP) is 4.10. The van der Waals surface area contributed by atoms with Gasteiger partial charge in [-0.25, -0.2) is 0 Å². The Hall–Kier alpha value is -0.510. The van der Waals surface area contributed by atoms with E-state index in [1.807, 2.05) is 11.8 Å². The highest BCUT2D eigenvalue weighted by Gasteiger charge is 2.12. The van der Waals surface area contributed by atoms with Gasteiger partial charge in [0, 0.05) is 11.4 Å². The number of aliphatic hydroxyl groups is 1. The van der Waals surface area contributed by atoms with Crippen molar-refractivity contribution in [2.45, 2.75) is 50.0 Å². The van der Waals surface area contributed by atoms with Gasteiger partial charge in [-0.2, -0.15) is 0 Å². The van der Waals surface area contributed by atoms with Crippen LogP contribution >= 0.6 is 11.8 Å². The summed E-state index contributed by atoms with van der Waals surface area (Å²) in [6, 6.07) is 8.40. The Morgan fingerprint density at radius 3 is 2.35 bits per heavy atom. The molecule has 3 heteroatoms. The van der Waals surface area contributed by atoms with Crippen LogP contribution in [0.5, 0.6) is 0 Å². The van der Waals surface area contributed by atoms with Gasteiger partial charge in [0.15, 0.2) is 0 Å². The molecule has 2 rings (SSSR count). The molecule has 0 bridgehead atoms. The first-order valence-electron chi connectivity index (χ1n) is 7.93. The third-order valence-electron chi connectivity index (χ3n) is 3.99. The van der Waals surface area contributed by atoms with Crippen molar-refractivity contribution in [1.82, 2.24) is 4.90 Å². The van der Waals surface area contributed by atoms with Crippen LogP contribution in [-0.2, 0) is 0 Å². The van der Waals surface area contributed by atoms with Crippen molar-refractivity contribution in [2.24, 2.45) is 0 Å². The molecule has 0 aliphatic carbocycles. The Kier molecular flexibility index (Phi) is 6.91. The van der Waals surface area contributed by atoms with Crippen molar-refractivity contribution >= 4 is 11.8 Å². The van der Waals surface area contributed by atoms with Gasteiger partial charge in [0.05, 0.1) is 6.10 Å².